The number of rotatable bonds is 7. The van der Waals surface area contributed by atoms with Gasteiger partial charge in [0.15, 0.2) is 0 Å². The minimum Gasteiger partial charge on any atom is -0.496 e. The second-order valence-corrected chi connectivity index (χ2v) is 8.44. The van der Waals surface area contributed by atoms with E-state index in [1.165, 1.54) is 11.4 Å². The van der Waals surface area contributed by atoms with Gasteiger partial charge in [-0.15, -0.1) is 0 Å². The molecule has 5 nitrogen and oxygen atoms in total. The molecule has 1 unspecified atom stereocenters. The monoisotopic (exact) mass is 427 g/mol. The molecule has 2 aromatic carbocycles. The van der Waals surface area contributed by atoms with E-state index in [1.807, 2.05) is 26.0 Å². The quantitative estimate of drug-likeness (QED) is 0.623. The van der Waals surface area contributed by atoms with E-state index in [0.717, 1.165) is 15.6 Å². The summed E-state index contributed by atoms with van der Waals surface area (Å²) in [5.41, 5.74) is 1.84. The van der Waals surface area contributed by atoms with E-state index in [9.17, 15) is 8.42 Å². The van der Waals surface area contributed by atoms with Gasteiger partial charge in [0.25, 0.3) is 0 Å². The summed E-state index contributed by atoms with van der Waals surface area (Å²) in [6.07, 6.45) is 0. The first kappa shape index (κ1) is 19.9. The van der Waals surface area contributed by atoms with E-state index in [4.69, 9.17) is 9.47 Å². The molecule has 0 amide bonds. The van der Waals surface area contributed by atoms with Crippen LogP contribution in [0, 0.1) is 6.92 Å². The Morgan fingerprint density at radius 2 is 1.76 bits per heavy atom. The molecule has 0 fully saturated rings. The number of methoxy groups -OCH3 is 2. The maximum absolute atomic E-state index is 13.1. The third kappa shape index (κ3) is 4.41. The molecule has 0 aliphatic carbocycles. The first-order valence-electron chi connectivity index (χ1n) is 7.72. The highest BCUT2D eigenvalue weighted by molar-refractivity contribution is 9.10. The van der Waals surface area contributed by atoms with Crippen LogP contribution in [-0.4, -0.2) is 33.7 Å². The van der Waals surface area contributed by atoms with Crippen LogP contribution in [0.4, 0.5) is 0 Å². The van der Waals surface area contributed by atoms with E-state index in [1.54, 1.807) is 37.4 Å². The highest BCUT2D eigenvalue weighted by Gasteiger charge is 2.30. The molecule has 0 aromatic heterocycles. The predicted octanol–water partition coefficient (Wildman–Crippen LogP) is 4.12. The summed E-state index contributed by atoms with van der Waals surface area (Å²) in [5, 5.41) is 0. The number of hydrogen-bond acceptors (Lipinski definition) is 4. The molecular formula is C18H22BrNO4S. The van der Waals surface area contributed by atoms with Gasteiger partial charge in [0.1, 0.15) is 12.5 Å². The van der Waals surface area contributed by atoms with Gasteiger partial charge >= 0.3 is 0 Å². The van der Waals surface area contributed by atoms with Crippen molar-refractivity contribution in [3.05, 3.63) is 58.1 Å². The normalized spacial score (nSPS) is 13.0. The van der Waals surface area contributed by atoms with Gasteiger partial charge in [-0.2, -0.15) is 4.31 Å². The molecule has 136 valence electrons. The van der Waals surface area contributed by atoms with Crippen LogP contribution in [0.5, 0.6) is 5.75 Å². The second-order valence-electron chi connectivity index (χ2n) is 5.69. The van der Waals surface area contributed by atoms with E-state index in [2.05, 4.69) is 15.9 Å². The number of ether oxygens (including phenoxy) is 2. The third-order valence-corrected chi connectivity index (χ3v) is 6.50. The number of aryl methyl sites for hydroxylation is 1. The summed E-state index contributed by atoms with van der Waals surface area (Å²) in [6, 6.07) is 11.9. The Labute approximate surface area is 157 Å². The standard InChI is InChI=1S/C18H22BrNO4S/c1-13-5-8-16(9-6-13)25(21,22)20(12-23-3)14(2)15-7-10-18(24-4)17(19)11-15/h5-11,14H,12H2,1-4H3. The molecule has 0 aliphatic heterocycles. The van der Waals surface area contributed by atoms with Crippen molar-refractivity contribution in [3.63, 3.8) is 0 Å². The highest BCUT2D eigenvalue weighted by atomic mass is 79.9. The van der Waals surface area contributed by atoms with Crippen LogP contribution in [0.2, 0.25) is 0 Å². The summed E-state index contributed by atoms with van der Waals surface area (Å²) in [4.78, 5) is 0.245. The SMILES string of the molecule is COCN(C(C)c1ccc(OC)c(Br)c1)S(=O)(=O)c1ccc(C)cc1. The van der Waals surface area contributed by atoms with Gasteiger partial charge in [0.2, 0.25) is 10.0 Å². The van der Waals surface area contributed by atoms with Crippen molar-refractivity contribution in [1.29, 1.82) is 0 Å². The van der Waals surface area contributed by atoms with Gasteiger partial charge in [-0.3, -0.25) is 0 Å². The maximum atomic E-state index is 13.1. The van der Waals surface area contributed by atoms with Crippen molar-refractivity contribution in [2.75, 3.05) is 21.0 Å². The fourth-order valence-electron chi connectivity index (χ4n) is 2.47. The van der Waals surface area contributed by atoms with Gasteiger partial charge in [0, 0.05) is 13.2 Å². The molecule has 0 saturated carbocycles. The van der Waals surface area contributed by atoms with E-state index in [-0.39, 0.29) is 11.6 Å². The topological polar surface area (TPSA) is 55.8 Å². The van der Waals surface area contributed by atoms with E-state index in [0.29, 0.717) is 5.75 Å². The molecule has 0 radical (unpaired) electrons. The number of sulfonamides is 1. The van der Waals surface area contributed by atoms with Gasteiger partial charge in [-0.05, 0) is 59.6 Å². The fraction of sp³-hybridized carbons (Fsp3) is 0.333. The van der Waals surface area contributed by atoms with Crippen LogP contribution < -0.4 is 4.74 Å². The molecule has 25 heavy (non-hydrogen) atoms. The van der Waals surface area contributed by atoms with Crippen LogP contribution in [0.15, 0.2) is 51.8 Å². The summed E-state index contributed by atoms with van der Waals surface area (Å²) in [5.74, 6) is 0.690. The summed E-state index contributed by atoms with van der Waals surface area (Å²) >= 11 is 3.44. The van der Waals surface area contributed by atoms with Crippen molar-refractivity contribution in [3.8, 4) is 5.75 Å². The molecule has 0 bridgehead atoms. The van der Waals surface area contributed by atoms with Crippen LogP contribution in [0.25, 0.3) is 0 Å². The summed E-state index contributed by atoms with van der Waals surface area (Å²) < 4.78 is 38.6. The molecule has 7 heteroatoms. The molecule has 0 saturated heterocycles. The average molecular weight is 428 g/mol. The van der Waals surface area contributed by atoms with Crippen LogP contribution in [0.3, 0.4) is 0 Å². The number of hydrogen-bond donors (Lipinski definition) is 0. The van der Waals surface area contributed by atoms with Crippen molar-refractivity contribution in [1.82, 2.24) is 4.31 Å². The Bertz CT molecular complexity index is 821. The van der Waals surface area contributed by atoms with Crippen LogP contribution in [-0.2, 0) is 14.8 Å². The van der Waals surface area contributed by atoms with Gasteiger partial charge < -0.3 is 9.47 Å². The lowest BCUT2D eigenvalue weighted by Gasteiger charge is -2.28. The Morgan fingerprint density at radius 3 is 2.28 bits per heavy atom. The molecule has 0 N–H and O–H groups in total. The fourth-order valence-corrected chi connectivity index (χ4v) is 4.56. The maximum Gasteiger partial charge on any atom is 0.245 e. The minimum atomic E-state index is -3.69. The van der Waals surface area contributed by atoms with Crippen LogP contribution >= 0.6 is 15.9 Å². The van der Waals surface area contributed by atoms with Crippen molar-refractivity contribution >= 4 is 26.0 Å². The zero-order valence-electron chi connectivity index (χ0n) is 14.7. The van der Waals surface area contributed by atoms with Crippen molar-refractivity contribution in [2.45, 2.75) is 24.8 Å². The smallest absolute Gasteiger partial charge is 0.245 e. The highest BCUT2D eigenvalue weighted by Crippen LogP contribution is 2.32. The Kier molecular flexibility index (Phi) is 6.62. The summed E-state index contributed by atoms with van der Waals surface area (Å²) in [7, 11) is -0.628. The Morgan fingerprint density at radius 1 is 1.12 bits per heavy atom. The third-order valence-electron chi connectivity index (χ3n) is 3.97. The molecular weight excluding hydrogens is 406 g/mol. The average Bonchev–Trinajstić information content (AvgIpc) is 2.59. The number of benzene rings is 2. The zero-order valence-corrected chi connectivity index (χ0v) is 17.1. The molecule has 2 rings (SSSR count). The van der Waals surface area contributed by atoms with Crippen molar-refractivity contribution in [2.24, 2.45) is 0 Å². The van der Waals surface area contributed by atoms with Gasteiger partial charge in [-0.1, -0.05) is 23.8 Å². The van der Waals surface area contributed by atoms with Gasteiger partial charge in [-0.25, -0.2) is 8.42 Å². The number of halogens is 1. The molecule has 1 atom stereocenters. The predicted molar refractivity (Wildman–Crippen MR) is 101 cm³/mol. The summed E-state index contributed by atoms with van der Waals surface area (Å²) in [6.45, 7) is 3.71. The molecule has 0 spiro atoms. The molecule has 0 aliphatic rings. The zero-order chi connectivity index (χ0) is 18.6. The first-order chi connectivity index (χ1) is 11.8. The Balaban J connectivity index is 2.42. The molecule has 0 heterocycles. The lowest BCUT2D eigenvalue weighted by molar-refractivity contribution is 0.0974. The molecule has 2 aromatic rings. The van der Waals surface area contributed by atoms with E-state index >= 15 is 0 Å². The van der Waals surface area contributed by atoms with Crippen molar-refractivity contribution < 1.29 is 17.9 Å². The lowest BCUT2D eigenvalue weighted by atomic mass is 10.1. The first-order valence-corrected chi connectivity index (χ1v) is 9.95. The largest absolute Gasteiger partial charge is 0.496 e. The number of nitrogens with zero attached hydrogens (tertiary/aromatic N) is 1. The van der Waals surface area contributed by atoms with Crippen LogP contribution in [0.1, 0.15) is 24.1 Å². The van der Waals surface area contributed by atoms with E-state index < -0.39 is 16.1 Å². The second kappa shape index (κ2) is 8.31. The lowest BCUT2D eigenvalue weighted by Crippen LogP contribution is -2.35. The minimum absolute atomic E-state index is 0.0407. The van der Waals surface area contributed by atoms with Gasteiger partial charge in [0.05, 0.1) is 16.5 Å². The Hall–Kier alpha value is -1.41.